The maximum Gasteiger partial charge on any atom is 0.303 e. The predicted molar refractivity (Wildman–Crippen MR) is 78.9 cm³/mol. The van der Waals surface area contributed by atoms with Crippen molar-refractivity contribution in [1.82, 2.24) is 10.2 Å². The van der Waals surface area contributed by atoms with E-state index in [4.69, 9.17) is 5.11 Å². The van der Waals surface area contributed by atoms with Crippen molar-refractivity contribution < 1.29 is 14.7 Å². The van der Waals surface area contributed by atoms with Gasteiger partial charge in [0.2, 0.25) is 5.91 Å². The van der Waals surface area contributed by atoms with Crippen LogP contribution in [0.5, 0.6) is 0 Å². The molecule has 5 nitrogen and oxygen atoms in total. The van der Waals surface area contributed by atoms with E-state index in [-0.39, 0.29) is 23.8 Å². The summed E-state index contributed by atoms with van der Waals surface area (Å²) in [5, 5.41) is 12.2. The van der Waals surface area contributed by atoms with Crippen LogP contribution in [-0.2, 0) is 9.59 Å². The minimum atomic E-state index is -0.773. The van der Waals surface area contributed by atoms with Gasteiger partial charge in [-0.05, 0) is 37.5 Å². The number of nitrogens with zero attached hydrogens (tertiary/aromatic N) is 1. The second-order valence-electron chi connectivity index (χ2n) is 7.23. The van der Waals surface area contributed by atoms with Crippen LogP contribution in [0.2, 0.25) is 0 Å². The van der Waals surface area contributed by atoms with Crippen LogP contribution in [0.4, 0.5) is 0 Å². The van der Waals surface area contributed by atoms with E-state index in [1.807, 2.05) is 0 Å². The lowest BCUT2D eigenvalue weighted by Crippen LogP contribution is -2.40. The first-order valence-electron chi connectivity index (χ1n) is 8.32. The Kier molecular flexibility index (Phi) is 4.20. The summed E-state index contributed by atoms with van der Waals surface area (Å²) in [6.45, 7) is 2.07. The molecule has 21 heavy (non-hydrogen) atoms. The number of carboxylic acids is 1. The van der Waals surface area contributed by atoms with Crippen molar-refractivity contribution in [2.45, 2.75) is 69.9 Å². The summed E-state index contributed by atoms with van der Waals surface area (Å²) in [6, 6.07) is 1.03. The molecule has 1 amide bonds. The summed E-state index contributed by atoms with van der Waals surface area (Å²) in [5.74, 6) is -0.716. The van der Waals surface area contributed by atoms with Crippen LogP contribution in [0, 0.1) is 5.41 Å². The first-order chi connectivity index (χ1) is 10.1. The second kappa shape index (κ2) is 5.95. The average Bonchev–Trinajstić information content (AvgIpc) is 3.00. The lowest BCUT2D eigenvalue weighted by Gasteiger charge is -2.27. The molecule has 0 aromatic carbocycles. The summed E-state index contributed by atoms with van der Waals surface area (Å²) in [6.07, 6.45) is 8.05. The third kappa shape index (κ3) is 3.76. The van der Waals surface area contributed by atoms with Crippen molar-refractivity contribution in [3.63, 3.8) is 0 Å². The Labute approximate surface area is 126 Å². The molecule has 2 aliphatic carbocycles. The highest BCUT2D eigenvalue weighted by molar-refractivity contribution is 5.78. The third-order valence-corrected chi connectivity index (χ3v) is 5.37. The van der Waals surface area contributed by atoms with Crippen LogP contribution >= 0.6 is 0 Å². The minimum absolute atomic E-state index is 0.0563. The van der Waals surface area contributed by atoms with Crippen molar-refractivity contribution in [1.29, 1.82) is 0 Å². The van der Waals surface area contributed by atoms with Crippen LogP contribution in [0.3, 0.4) is 0 Å². The van der Waals surface area contributed by atoms with Gasteiger partial charge in [0, 0.05) is 31.6 Å². The van der Waals surface area contributed by atoms with Gasteiger partial charge in [0.05, 0.1) is 6.42 Å². The number of hydrogen-bond acceptors (Lipinski definition) is 3. The fraction of sp³-hybridized carbons (Fsp3) is 0.875. The molecule has 1 heterocycles. The van der Waals surface area contributed by atoms with Crippen molar-refractivity contribution in [3.05, 3.63) is 0 Å². The van der Waals surface area contributed by atoms with Crippen LogP contribution in [0.25, 0.3) is 0 Å². The van der Waals surface area contributed by atoms with Gasteiger partial charge in [-0.25, -0.2) is 0 Å². The molecule has 2 N–H and O–H groups in total. The van der Waals surface area contributed by atoms with E-state index < -0.39 is 5.97 Å². The molecule has 3 fully saturated rings. The highest BCUT2D eigenvalue weighted by atomic mass is 16.4. The fourth-order valence-electron chi connectivity index (χ4n) is 4.16. The molecule has 1 saturated heterocycles. The number of rotatable bonds is 6. The highest BCUT2D eigenvalue weighted by Gasteiger charge is 2.39. The van der Waals surface area contributed by atoms with Crippen LogP contribution in [0.1, 0.15) is 57.8 Å². The SMILES string of the molecule is O=C(O)CC1(CC(=O)NC2CCN(C3CC3)C2)CCCC1. The lowest BCUT2D eigenvalue weighted by atomic mass is 9.79. The Morgan fingerprint density at radius 3 is 2.48 bits per heavy atom. The third-order valence-electron chi connectivity index (χ3n) is 5.37. The summed E-state index contributed by atoms with van der Waals surface area (Å²) >= 11 is 0. The van der Waals surface area contributed by atoms with Gasteiger partial charge in [0.25, 0.3) is 0 Å². The van der Waals surface area contributed by atoms with E-state index in [1.165, 1.54) is 12.8 Å². The quantitative estimate of drug-likeness (QED) is 0.783. The van der Waals surface area contributed by atoms with E-state index in [1.54, 1.807) is 0 Å². The molecule has 0 radical (unpaired) electrons. The van der Waals surface area contributed by atoms with Crippen LogP contribution in [0.15, 0.2) is 0 Å². The summed E-state index contributed by atoms with van der Waals surface area (Å²) in [5.41, 5.74) is -0.287. The Morgan fingerprint density at radius 2 is 1.86 bits per heavy atom. The zero-order valence-corrected chi connectivity index (χ0v) is 12.6. The molecule has 0 aromatic heterocycles. The van der Waals surface area contributed by atoms with E-state index >= 15 is 0 Å². The minimum Gasteiger partial charge on any atom is -0.481 e. The number of nitrogens with one attached hydrogen (secondary N) is 1. The van der Waals surface area contributed by atoms with Crippen LogP contribution < -0.4 is 5.32 Å². The van der Waals surface area contributed by atoms with Gasteiger partial charge in [0.15, 0.2) is 0 Å². The predicted octanol–water partition coefficient (Wildman–Crippen LogP) is 1.76. The van der Waals surface area contributed by atoms with Crippen molar-refractivity contribution >= 4 is 11.9 Å². The molecule has 0 spiro atoms. The number of carboxylic acid groups (broad SMARTS) is 1. The van der Waals surface area contributed by atoms with E-state index in [0.29, 0.717) is 6.42 Å². The molecule has 3 aliphatic rings. The standard InChI is InChI=1S/C16H26N2O3/c19-14(9-16(10-15(20)21)6-1-2-7-16)17-12-5-8-18(11-12)13-3-4-13/h12-13H,1-11H2,(H,17,19)(H,20,21). The first kappa shape index (κ1) is 14.8. The summed E-state index contributed by atoms with van der Waals surface area (Å²) < 4.78 is 0. The van der Waals surface area contributed by atoms with Gasteiger partial charge < -0.3 is 10.4 Å². The zero-order valence-electron chi connectivity index (χ0n) is 12.6. The molecule has 118 valence electrons. The van der Waals surface area contributed by atoms with Gasteiger partial charge in [-0.15, -0.1) is 0 Å². The molecular weight excluding hydrogens is 268 g/mol. The summed E-state index contributed by atoms with van der Waals surface area (Å²) in [7, 11) is 0. The molecule has 5 heteroatoms. The van der Waals surface area contributed by atoms with Gasteiger partial charge in [0.1, 0.15) is 0 Å². The molecular formula is C16H26N2O3. The number of hydrogen-bond donors (Lipinski definition) is 2. The van der Waals surface area contributed by atoms with Gasteiger partial charge >= 0.3 is 5.97 Å². The van der Waals surface area contributed by atoms with E-state index in [2.05, 4.69) is 10.2 Å². The van der Waals surface area contributed by atoms with Gasteiger partial charge in [-0.3, -0.25) is 14.5 Å². The monoisotopic (exact) mass is 294 g/mol. The number of aliphatic carboxylic acids is 1. The van der Waals surface area contributed by atoms with Crippen molar-refractivity contribution in [2.24, 2.45) is 5.41 Å². The number of carbonyl (C=O) groups excluding carboxylic acids is 1. The number of carbonyl (C=O) groups is 2. The molecule has 0 aromatic rings. The Hall–Kier alpha value is -1.10. The number of amides is 1. The average molecular weight is 294 g/mol. The largest absolute Gasteiger partial charge is 0.481 e. The Bertz CT molecular complexity index is 414. The first-order valence-corrected chi connectivity index (χ1v) is 8.32. The van der Waals surface area contributed by atoms with Gasteiger partial charge in [-0.2, -0.15) is 0 Å². The smallest absolute Gasteiger partial charge is 0.303 e. The maximum atomic E-state index is 12.3. The zero-order chi connectivity index (χ0) is 14.9. The lowest BCUT2D eigenvalue weighted by molar-refractivity contribution is -0.140. The highest BCUT2D eigenvalue weighted by Crippen LogP contribution is 2.44. The van der Waals surface area contributed by atoms with E-state index in [0.717, 1.165) is 51.2 Å². The Morgan fingerprint density at radius 1 is 1.14 bits per heavy atom. The topological polar surface area (TPSA) is 69.6 Å². The molecule has 1 atom stereocenters. The fourth-order valence-corrected chi connectivity index (χ4v) is 4.16. The van der Waals surface area contributed by atoms with Gasteiger partial charge in [-0.1, -0.05) is 12.8 Å². The molecule has 3 rings (SSSR count). The second-order valence-corrected chi connectivity index (χ2v) is 7.23. The number of likely N-dealkylation sites (tertiary alicyclic amines) is 1. The Balaban J connectivity index is 1.49. The molecule has 0 bridgehead atoms. The normalized spacial score (nSPS) is 28.7. The van der Waals surface area contributed by atoms with Crippen molar-refractivity contribution in [2.75, 3.05) is 13.1 Å². The van der Waals surface area contributed by atoms with E-state index in [9.17, 15) is 9.59 Å². The van der Waals surface area contributed by atoms with Crippen LogP contribution in [-0.4, -0.2) is 47.1 Å². The molecule has 1 aliphatic heterocycles. The molecule has 2 saturated carbocycles. The maximum absolute atomic E-state index is 12.3. The summed E-state index contributed by atoms with van der Waals surface area (Å²) in [4.78, 5) is 25.9. The van der Waals surface area contributed by atoms with Crippen molar-refractivity contribution in [3.8, 4) is 0 Å². The molecule has 1 unspecified atom stereocenters.